The highest BCUT2D eigenvalue weighted by Crippen LogP contribution is 2.18. The van der Waals surface area contributed by atoms with E-state index >= 15 is 0 Å². The Hall–Kier alpha value is -3.11. The van der Waals surface area contributed by atoms with Gasteiger partial charge in [-0.25, -0.2) is 4.79 Å². The molecule has 0 radical (unpaired) electrons. The second-order valence-electron chi connectivity index (χ2n) is 4.42. The molecular weight excluding hydrogens is 319 g/mol. The number of nitro groups is 1. The van der Waals surface area contributed by atoms with Gasteiger partial charge in [-0.15, -0.1) is 0 Å². The van der Waals surface area contributed by atoms with Crippen LogP contribution in [0.2, 0.25) is 0 Å². The second kappa shape index (κ2) is 6.34. The number of rotatable bonds is 4. The number of carbonyl (C=O) groups excluding carboxylic acids is 1. The van der Waals surface area contributed by atoms with Crippen molar-refractivity contribution in [3.63, 3.8) is 0 Å². The molecular formula is C12H10F3N5O3. The summed E-state index contributed by atoms with van der Waals surface area (Å²) >= 11 is 0. The van der Waals surface area contributed by atoms with Crippen molar-refractivity contribution in [1.82, 2.24) is 9.78 Å². The molecule has 0 saturated carbocycles. The lowest BCUT2D eigenvalue weighted by atomic mass is 10.3. The molecule has 1 aromatic carbocycles. The molecule has 23 heavy (non-hydrogen) atoms. The molecule has 1 aromatic heterocycles. The fraction of sp³-hybridized carbons (Fsp3) is 0.167. The number of aromatic nitrogens is 2. The van der Waals surface area contributed by atoms with Gasteiger partial charge in [-0.3, -0.25) is 14.8 Å². The van der Waals surface area contributed by atoms with Gasteiger partial charge in [0.05, 0.1) is 16.8 Å². The molecule has 0 atom stereocenters. The van der Waals surface area contributed by atoms with Crippen LogP contribution in [0, 0.1) is 10.1 Å². The molecule has 0 unspecified atom stereocenters. The number of nitrogens with zero attached hydrogens (tertiary/aromatic N) is 3. The highest BCUT2D eigenvalue weighted by molar-refractivity contribution is 5.99. The summed E-state index contributed by atoms with van der Waals surface area (Å²) in [6.07, 6.45) is -2.31. The van der Waals surface area contributed by atoms with E-state index in [1.54, 1.807) is 0 Å². The molecule has 11 heteroatoms. The predicted octanol–water partition coefficient (Wildman–Crippen LogP) is 3.00. The molecule has 0 spiro atoms. The highest BCUT2D eigenvalue weighted by atomic mass is 19.4. The van der Waals surface area contributed by atoms with Crippen molar-refractivity contribution in [3.8, 4) is 0 Å². The molecule has 122 valence electrons. The van der Waals surface area contributed by atoms with Gasteiger partial charge >= 0.3 is 12.2 Å². The van der Waals surface area contributed by atoms with Gasteiger partial charge < -0.3 is 10.6 Å². The number of amides is 2. The van der Waals surface area contributed by atoms with Crippen LogP contribution in [-0.4, -0.2) is 26.9 Å². The molecule has 2 amide bonds. The van der Waals surface area contributed by atoms with Gasteiger partial charge in [0, 0.05) is 24.0 Å². The van der Waals surface area contributed by atoms with Crippen molar-refractivity contribution in [3.05, 3.63) is 46.8 Å². The largest absolute Gasteiger partial charge is 0.408 e. The van der Waals surface area contributed by atoms with Gasteiger partial charge in [0.1, 0.15) is 6.54 Å². The Morgan fingerprint density at radius 1 is 1.22 bits per heavy atom. The average molecular weight is 329 g/mol. The fourth-order valence-electron chi connectivity index (χ4n) is 1.66. The van der Waals surface area contributed by atoms with Crippen molar-refractivity contribution < 1.29 is 22.9 Å². The molecule has 1 heterocycles. The minimum atomic E-state index is -4.41. The maximum absolute atomic E-state index is 12.2. The molecule has 2 aromatic rings. The van der Waals surface area contributed by atoms with E-state index in [9.17, 15) is 28.1 Å². The van der Waals surface area contributed by atoms with E-state index in [2.05, 4.69) is 15.7 Å². The van der Waals surface area contributed by atoms with E-state index in [1.165, 1.54) is 24.3 Å². The lowest BCUT2D eigenvalue weighted by Crippen LogP contribution is -2.19. The minimum absolute atomic E-state index is 0.0775. The smallest absolute Gasteiger partial charge is 0.308 e. The van der Waals surface area contributed by atoms with Crippen LogP contribution < -0.4 is 10.6 Å². The first-order chi connectivity index (χ1) is 10.7. The standard InChI is InChI=1S/C12H10F3N5O3/c13-12(14,15)7-19-6-9(5-16-19)18-11(21)17-8-1-3-10(4-2-8)20(22)23/h1-6H,7H2,(H2,17,18,21). The first-order valence-corrected chi connectivity index (χ1v) is 6.14. The molecule has 0 aliphatic rings. The summed E-state index contributed by atoms with van der Waals surface area (Å²) in [7, 11) is 0. The molecule has 0 bridgehead atoms. The van der Waals surface area contributed by atoms with E-state index in [0.29, 0.717) is 4.68 Å². The zero-order chi connectivity index (χ0) is 17.0. The summed E-state index contributed by atoms with van der Waals surface area (Å²) < 4.78 is 37.2. The Kier molecular flexibility index (Phi) is 4.48. The SMILES string of the molecule is O=C(Nc1ccc([N+](=O)[O-])cc1)Nc1cnn(CC(F)(F)F)c1. The monoisotopic (exact) mass is 329 g/mol. The van der Waals surface area contributed by atoms with Gasteiger partial charge in [-0.1, -0.05) is 0 Å². The summed E-state index contributed by atoms with van der Waals surface area (Å²) in [5.41, 5.74) is 0.230. The van der Waals surface area contributed by atoms with Gasteiger partial charge in [-0.2, -0.15) is 18.3 Å². The number of alkyl halides is 3. The Bertz CT molecular complexity index is 711. The molecule has 2 rings (SSSR count). The quantitative estimate of drug-likeness (QED) is 0.665. The Labute approximate surface area is 127 Å². The first kappa shape index (κ1) is 16.3. The third kappa shape index (κ3) is 4.98. The van der Waals surface area contributed by atoms with Crippen molar-refractivity contribution in [2.24, 2.45) is 0 Å². The van der Waals surface area contributed by atoms with E-state index in [-0.39, 0.29) is 17.1 Å². The fourth-order valence-corrected chi connectivity index (χ4v) is 1.66. The molecule has 0 fully saturated rings. The number of nitrogens with one attached hydrogen (secondary N) is 2. The summed E-state index contributed by atoms with van der Waals surface area (Å²) in [5, 5.41) is 18.6. The van der Waals surface area contributed by atoms with E-state index in [1.807, 2.05) is 0 Å². The lowest BCUT2D eigenvalue weighted by Gasteiger charge is -2.06. The third-order valence-corrected chi connectivity index (χ3v) is 2.57. The zero-order valence-corrected chi connectivity index (χ0v) is 11.4. The van der Waals surface area contributed by atoms with E-state index in [0.717, 1.165) is 12.4 Å². The number of non-ortho nitro benzene ring substituents is 1. The van der Waals surface area contributed by atoms with Crippen molar-refractivity contribution in [2.75, 3.05) is 10.6 Å². The number of anilines is 2. The van der Waals surface area contributed by atoms with Crippen LogP contribution in [0.5, 0.6) is 0 Å². The minimum Gasteiger partial charge on any atom is -0.308 e. The van der Waals surface area contributed by atoms with Crippen molar-refractivity contribution in [2.45, 2.75) is 12.7 Å². The average Bonchev–Trinajstić information content (AvgIpc) is 2.84. The van der Waals surface area contributed by atoms with E-state index in [4.69, 9.17) is 0 Å². The molecule has 2 N–H and O–H groups in total. The van der Waals surface area contributed by atoms with Gasteiger partial charge in [0.15, 0.2) is 0 Å². The van der Waals surface area contributed by atoms with Gasteiger partial charge in [-0.05, 0) is 12.1 Å². The lowest BCUT2D eigenvalue weighted by molar-refractivity contribution is -0.384. The molecule has 0 saturated heterocycles. The van der Waals surface area contributed by atoms with Gasteiger partial charge in [0.2, 0.25) is 0 Å². The summed E-state index contributed by atoms with van der Waals surface area (Å²) in [5.74, 6) is 0. The maximum atomic E-state index is 12.2. The van der Waals surface area contributed by atoms with Crippen LogP contribution >= 0.6 is 0 Å². The number of hydrogen-bond donors (Lipinski definition) is 2. The number of nitro benzene ring substituents is 1. The second-order valence-corrected chi connectivity index (χ2v) is 4.42. The van der Waals surface area contributed by atoms with Crippen LogP contribution in [-0.2, 0) is 6.54 Å². The summed E-state index contributed by atoms with van der Waals surface area (Å²) in [6.45, 7) is -1.27. The summed E-state index contributed by atoms with van der Waals surface area (Å²) in [4.78, 5) is 21.6. The number of urea groups is 1. The topological polar surface area (TPSA) is 102 Å². The summed E-state index contributed by atoms with van der Waals surface area (Å²) in [6, 6.07) is 4.34. The zero-order valence-electron chi connectivity index (χ0n) is 11.4. The number of hydrogen-bond acceptors (Lipinski definition) is 4. The van der Waals surface area contributed by atoms with Crippen molar-refractivity contribution >= 4 is 23.1 Å². The number of carbonyl (C=O) groups is 1. The molecule has 8 nitrogen and oxygen atoms in total. The van der Waals surface area contributed by atoms with Crippen molar-refractivity contribution in [1.29, 1.82) is 0 Å². The molecule has 0 aliphatic heterocycles. The Morgan fingerprint density at radius 3 is 2.39 bits per heavy atom. The Morgan fingerprint density at radius 2 is 1.83 bits per heavy atom. The van der Waals surface area contributed by atoms with Crippen LogP contribution in [0.15, 0.2) is 36.7 Å². The maximum Gasteiger partial charge on any atom is 0.408 e. The third-order valence-electron chi connectivity index (χ3n) is 2.57. The van der Waals surface area contributed by atoms with Crippen LogP contribution in [0.4, 0.5) is 35.0 Å². The predicted molar refractivity (Wildman–Crippen MR) is 74.0 cm³/mol. The van der Waals surface area contributed by atoms with E-state index < -0.39 is 23.7 Å². The van der Waals surface area contributed by atoms with Crippen LogP contribution in [0.25, 0.3) is 0 Å². The van der Waals surface area contributed by atoms with Crippen LogP contribution in [0.1, 0.15) is 0 Å². The highest BCUT2D eigenvalue weighted by Gasteiger charge is 2.28. The normalized spacial score (nSPS) is 11.1. The number of benzene rings is 1. The first-order valence-electron chi connectivity index (χ1n) is 6.14. The molecule has 0 aliphatic carbocycles. The van der Waals surface area contributed by atoms with Crippen LogP contribution in [0.3, 0.4) is 0 Å². The number of halogens is 3. The van der Waals surface area contributed by atoms with Gasteiger partial charge in [0.25, 0.3) is 5.69 Å². The Balaban J connectivity index is 1.93.